The lowest BCUT2D eigenvalue weighted by Crippen LogP contribution is -2.30. The van der Waals surface area contributed by atoms with E-state index in [4.69, 9.17) is 14.2 Å². The van der Waals surface area contributed by atoms with Crippen LogP contribution in [0.3, 0.4) is 0 Å². The van der Waals surface area contributed by atoms with E-state index in [1.54, 1.807) is 0 Å². The van der Waals surface area contributed by atoms with Crippen LogP contribution in [0.4, 0.5) is 0 Å². The first-order valence-electron chi connectivity index (χ1n) is 30.6. The molecule has 0 aromatic rings. The summed E-state index contributed by atoms with van der Waals surface area (Å²) in [5.74, 6) is -0.886. The first-order chi connectivity index (χ1) is 35.5. The minimum absolute atomic E-state index is 0.0789. The van der Waals surface area contributed by atoms with Crippen LogP contribution in [0.25, 0.3) is 0 Å². The predicted octanol–water partition coefficient (Wildman–Crippen LogP) is 20.7. The maximum atomic E-state index is 12.8. The number of allylic oxidation sites excluding steroid dienone is 14. The lowest BCUT2D eigenvalue weighted by Gasteiger charge is -2.18. The van der Waals surface area contributed by atoms with Crippen LogP contribution in [0.15, 0.2) is 85.1 Å². The molecule has 414 valence electrons. The fourth-order valence-corrected chi connectivity index (χ4v) is 8.57. The summed E-state index contributed by atoms with van der Waals surface area (Å²) in [5.41, 5.74) is 0. The van der Waals surface area contributed by atoms with Gasteiger partial charge in [0.15, 0.2) is 6.10 Å². The van der Waals surface area contributed by atoms with E-state index in [0.29, 0.717) is 19.3 Å². The highest BCUT2D eigenvalue weighted by atomic mass is 16.6. The van der Waals surface area contributed by atoms with Crippen LogP contribution >= 0.6 is 0 Å². The number of unbranched alkanes of at least 4 members (excludes halogenated alkanes) is 30. The third-order valence-corrected chi connectivity index (χ3v) is 13.1. The smallest absolute Gasteiger partial charge is 0.306 e. The second-order valence-corrected chi connectivity index (χ2v) is 20.2. The van der Waals surface area contributed by atoms with Crippen LogP contribution in [0.2, 0.25) is 0 Å². The third kappa shape index (κ3) is 57.5. The number of rotatable bonds is 55. The molecule has 0 aliphatic carbocycles. The van der Waals surface area contributed by atoms with E-state index in [9.17, 15) is 14.4 Å². The average Bonchev–Trinajstić information content (AvgIpc) is 3.38. The Morgan fingerprint density at radius 3 is 0.903 bits per heavy atom. The molecule has 0 N–H and O–H groups in total. The third-order valence-electron chi connectivity index (χ3n) is 13.1. The number of esters is 3. The van der Waals surface area contributed by atoms with Crippen molar-refractivity contribution in [3.8, 4) is 0 Å². The highest BCUT2D eigenvalue weighted by Gasteiger charge is 2.19. The molecule has 0 aliphatic rings. The fraction of sp³-hybridized carbons (Fsp3) is 0.742. The lowest BCUT2D eigenvalue weighted by molar-refractivity contribution is -0.167. The van der Waals surface area contributed by atoms with Crippen molar-refractivity contribution in [1.29, 1.82) is 0 Å². The van der Waals surface area contributed by atoms with Crippen molar-refractivity contribution in [3.05, 3.63) is 85.1 Å². The molecule has 0 amide bonds. The van der Waals surface area contributed by atoms with E-state index < -0.39 is 6.10 Å². The summed E-state index contributed by atoms with van der Waals surface area (Å²) < 4.78 is 16.9. The minimum atomic E-state index is -0.781. The van der Waals surface area contributed by atoms with Crippen molar-refractivity contribution in [1.82, 2.24) is 0 Å². The number of carbonyl (C=O) groups excluding carboxylic acids is 3. The number of hydrogen-bond donors (Lipinski definition) is 0. The molecule has 0 bridgehead atoms. The molecule has 0 aromatic carbocycles. The van der Waals surface area contributed by atoms with Crippen molar-refractivity contribution >= 4 is 17.9 Å². The molecular weight excluding hydrogens is 889 g/mol. The predicted molar refractivity (Wildman–Crippen MR) is 311 cm³/mol. The summed E-state index contributed by atoms with van der Waals surface area (Å²) >= 11 is 0. The summed E-state index contributed by atoms with van der Waals surface area (Å²) in [7, 11) is 0. The monoisotopic (exact) mass is 1000 g/mol. The molecule has 0 aromatic heterocycles. The SMILES string of the molecule is CC/C=C\C/C=C\C/C=C\C/C=C\C/C=C\CCCCCCCCCCCCCCCC(=O)OCC(COC(=O)CCCCCCCCCCCCCC)OC(=O)CCCCCCC/C=C\C/C=C\CCC. The van der Waals surface area contributed by atoms with Crippen LogP contribution in [0.5, 0.6) is 0 Å². The van der Waals surface area contributed by atoms with Crippen LogP contribution in [0, 0.1) is 0 Å². The molecule has 0 aliphatic heterocycles. The van der Waals surface area contributed by atoms with Crippen molar-refractivity contribution in [2.24, 2.45) is 0 Å². The summed E-state index contributed by atoms with van der Waals surface area (Å²) in [4.78, 5) is 38.1. The lowest BCUT2D eigenvalue weighted by atomic mass is 10.0. The Kier molecular flexibility index (Phi) is 57.3. The van der Waals surface area contributed by atoms with Gasteiger partial charge >= 0.3 is 17.9 Å². The van der Waals surface area contributed by atoms with Crippen LogP contribution < -0.4 is 0 Å². The second-order valence-electron chi connectivity index (χ2n) is 20.2. The molecule has 0 fully saturated rings. The van der Waals surface area contributed by atoms with Gasteiger partial charge in [0.05, 0.1) is 0 Å². The topological polar surface area (TPSA) is 78.9 Å². The second kappa shape index (κ2) is 60.1. The zero-order valence-corrected chi connectivity index (χ0v) is 47.4. The van der Waals surface area contributed by atoms with Gasteiger partial charge in [-0.3, -0.25) is 14.4 Å². The average molecular weight is 1000 g/mol. The Morgan fingerprint density at radius 1 is 0.292 bits per heavy atom. The van der Waals surface area contributed by atoms with E-state index >= 15 is 0 Å². The minimum Gasteiger partial charge on any atom is -0.462 e. The molecule has 72 heavy (non-hydrogen) atoms. The zero-order chi connectivity index (χ0) is 52.2. The Labute approximate surface area is 445 Å². The summed E-state index contributed by atoms with van der Waals surface area (Å²) in [6.07, 6.45) is 78.8. The molecule has 0 saturated heterocycles. The van der Waals surface area contributed by atoms with E-state index in [2.05, 4.69) is 106 Å². The van der Waals surface area contributed by atoms with Gasteiger partial charge in [0.2, 0.25) is 0 Å². The van der Waals surface area contributed by atoms with Crippen molar-refractivity contribution < 1.29 is 28.6 Å². The van der Waals surface area contributed by atoms with Gasteiger partial charge < -0.3 is 14.2 Å². The molecule has 0 spiro atoms. The number of ether oxygens (including phenoxy) is 3. The van der Waals surface area contributed by atoms with Crippen molar-refractivity contribution in [2.45, 2.75) is 303 Å². The fourth-order valence-electron chi connectivity index (χ4n) is 8.57. The summed E-state index contributed by atoms with van der Waals surface area (Å²) in [6, 6.07) is 0. The summed E-state index contributed by atoms with van der Waals surface area (Å²) in [6.45, 7) is 6.47. The van der Waals surface area contributed by atoms with E-state index in [1.165, 1.54) is 135 Å². The largest absolute Gasteiger partial charge is 0.462 e. The van der Waals surface area contributed by atoms with Gasteiger partial charge in [0, 0.05) is 19.3 Å². The Hall–Kier alpha value is -3.41. The number of carbonyl (C=O) groups is 3. The zero-order valence-electron chi connectivity index (χ0n) is 47.4. The van der Waals surface area contributed by atoms with Gasteiger partial charge in [0.1, 0.15) is 13.2 Å². The normalized spacial score (nSPS) is 12.7. The van der Waals surface area contributed by atoms with Gasteiger partial charge in [-0.15, -0.1) is 0 Å². The highest BCUT2D eigenvalue weighted by Crippen LogP contribution is 2.16. The molecular formula is C66H114O6. The van der Waals surface area contributed by atoms with Crippen LogP contribution in [-0.2, 0) is 28.6 Å². The maximum Gasteiger partial charge on any atom is 0.306 e. The van der Waals surface area contributed by atoms with E-state index in [0.717, 1.165) is 122 Å². The van der Waals surface area contributed by atoms with Crippen molar-refractivity contribution in [3.63, 3.8) is 0 Å². The van der Waals surface area contributed by atoms with Gasteiger partial charge in [-0.1, -0.05) is 273 Å². The highest BCUT2D eigenvalue weighted by molar-refractivity contribution is 5.71. The molecule has 0 radical (unpaired) electrons. The van der Waals surface area contributed by atoms with Crippen LogP contribution in [-0.4, -0.2) is 37.2 Å². The van der Waals surface area contributed by atoms with Crippen molar-refractivity contribution in [2.75, 3.05) is 13.2 Å². The Bertz CT molecular complexity index is 1380. The number of hydrogen-bond acceptors (Lipinski definition) is 6. The maximum absolute atomic E-state index is 12.8. The standard InChI is InChI=1S/C66H114O6/c1-4-7-10-13-16-19-22-25-26-27-28-29-30-31-32-33-34-35-36-37-38-39-40-42-44-47-50-53-56-59-65(68)71-62-63(61-70-64(67)58-55-52-49-46-43-24-21-18-15-12-9-6-3)72-66(69)60-57-54-51-48-45-41-23-20-17-14-11-8-5-2/h7,10-11,14,16,19-20,23,25-26,28-29,31-32,63H,4-6,8-9,12-13,15,17-18,21-22,24,27,30,33-62H2,1-3H3/b10-7-,14-11-,19-16-,23-20-,26-25-,29-28-,32-31-. The molecule has 1 unspecified atom stereocenters. The van der Waals surface area contributed by atoms with Gasteiger partial charge in [0.25, 0.3) is 0 Å². The van der Waals surface area contributed by atoms with Crippen LogP contribution in [0.1, 0.15) is 297 Å². The van der Waals surface area contributed by atoms with E-state index in [-0.39, 0.29) is 31.1 Å². The molecule has 1 atom stereocenters. The quantitative estimate of drug-likeness (QED) is 0.0261. The summed E-state index contributed by atoms with van der Waals surface area (Å²) in [5, 5.41) is 0. The molecule has 0 rings (SSSR count). The Balaban J connectivity index is 4.19. The first-order valence-corrected chi connectivity index (χ1v) is 30.6. The van der Waals surface area contributed by atoms with Gasteiger partial charge in [-0.25, -0.2) is 0 Å². The van der Waals surface area contributed by atoms with Gasteiger partial charge in [-0.2, -0.15) is 0 Å². The molecule has 6 nitrogen and oxygen atoms in total. The molecule has 0 heterocycles. The van der Waals surface area contributed by atoms with Gasteiger partial charge in [-0.05, 0) is 89.9 Å². The Morgan fingerprint density at radius 2 is 0.569 bits per heavy atom. The first kappa shape index (κ1) is 68.6. The molecule has 6 heteroatoms. The molecule has 0 saturated carbocycles. The van der Waals surface area contributed by atoms with E-state index in [1.807, 2.05) is 0 Å².